The number of ether oxygens (including phenoxy) is 3. The van der Waals surface area contributed by atoms with Gasteiger partial charge in [-0.25, -0.2) is 0 Å². The summed E-state index contributed by atoms with van der Waals surface area (Å²) in [7, 11) is 3.31. The van der Waals surface area contributed by atoms with Crippen molar-refractivity contribution in [2.75, 3.05) is 27.4 Å². The summed E-state index contributed by atoms with van der Waals surface area (Å²) in [5.74, 6) is 1.56. The van der Waals surface area contributed by atoms with Crippen LogP contribution >= 0.6 is 11.6 Å². The molecule has 2 heterocycles. The Morgan fingerprint density at radius 2 is 2.04 bits per heavy atom. The Kier molecular flexibility index (Phi) is 6.45. The van der Waals surface area contributed by atoms with Crippen LogP contribution in [-0.2, 0) is 17.0 Å². The van der Waals surface area contributed by atoms with Crippen LogP contribution < -0.4 is 14.9 Å². The molecule has 2 aromatic rings. The van der Waals surface area contributed by atoms with Gasteiger partial charge in [-0.15, -0.1) is 11.6 Å². The Balaban J connectivity index is 2.09. The maximum atomic E-state index is 12.4. The molecule has 27 heavy (non-hydrogen) atoms. The quantitative estimate of drug-likeness (QED) is 0.500. The second-order valence-corrected chi connectivity index (χ2v) is 6.94. The highest BCUT2D eigenvalue weighted by Crippen LogP contribution is 2.42. The minimum absolute atomic E-state index is 0.0298. The van der Waals surface area contributed by atoms with E-state index >= 15 is 0 Å². The molecular weight excluding hydrogens is 366 g/mol. The van der Waals surface area contributed by atoms with Gasteiger partial charge >= 0.3 is 0 Å². The molecule has 0 radical (unpaired) electrons. The summed E-state index contributed by atoms with van der Waals surface area (Å²) in [6.07, 6.45) is 4.53. The Labute approximate surface area is 164 Å². The molecule has 146 valence electrons. The third-order valence-corrected chi connectivity index (χ3v) is 5.34. The van der Waals surface area contributed by atoms with E-state index < -0.39 is 0 Å². The van der Waals surface area contributed by atoms with Crippen molar-refractivity contribution < 1.29 is 14.2 Å². The lowest BCUT2D eigenvalue weighted by Crippen LogP contribution is -2.24. The number of hydrogen-bond donors (Lipinski definition) is 0. The first-order chi connectivity index (χ1) is 13.1. The summed E-state index contributed by atoms with van der Waals surface area (Å²) < 4.78 is 18.8. The van der Waals surface area contributed by atoms with E-state index in [0.29, 0.717) is 24.5 Å². The maximum absolute atomic E-state index is 12.4. The van der Waals surface area contributed by atoms with Gasteiger partial charge in [0, 0.05) is 49.6 Å². The third kappa shape index (κ3) is 3.85. The Morgan fingerprint density at radius 3 is 2.70 bits per heavy atom. The number of hydrogen-bond acceptors (Lipinski definition) is 4. The molecule has 1 aromatic heterocycles. The fraction of sp³-hybridized carbons (Fsp3) is 0.476. The van der Waals surface area contributed by atoms with Gasteiger partial charge in [-0.3, -0.25) is 4.79 Å². The standard InChI is InChI=1S/C21H26ClNO4/c1-4-15-10-14-11-20(27-9-5-8-25-2)19(26-3)12-16(14)21-17(13-22)18(24)6-7-23(15)21/h6-7,11-12,15H,4-5,8-10,13H2,1-3H3. The van der Waals surface area contributed by atoms with E-state index in [2.05, 4.69) is 11.5 Å². The van der Waals surface area contributed by atoms with Crippen molar-refractivity contribution >= 4 is 11.6 Å². The fourth-order valence-electron chi connectivity index (χ4n) is 3.67. The highest BCUT2D eigenvalue weighted by Gasteiger charge is 2.27. The van der Waals surface area contributed by atoms with Crippen LogP contribution in [0.3, 0.4) is 0 Å². The smallest absolute Gasteiger partial charge is 0.186 e. The Bertz CT molecular complexity index is 862. The molecule has 0 aliphatic carbocycles. The van der Waals surface area contributed by atoms with Crippen molar-refractivity contribution in [1.82, 2.24) is 4.57 Å². The third-order valence-electron chi connectivity index (χ3n) is 5.08. The van der Waals surface area contributed by atoms with Gasteiger partial charge in [0.1, 0.15) is 0 Å². The van der Waals surface area contributed by atoms with Gasteiger partial charge in [0.25, 0.3) is 0 Å². The first-order valence-electron chi connectivity index (χ1n) is 9.27. The molecule has 0 saturated heterocycles. The van der Waals surface area contributed by atoms with Crippen LogP contribution in [0.2, 0.25) is 0 Å². The van der Waals surface area contributed by atoms with E-state index in [1.165, 1.54) is 0 Å². The molecule has 0 bridgehead atoms. The summed E-state index contributed by atoms with van der Waals surface area (Å²) in [5.41, 5.74) is 3.65. The van der Waals surface area contributed by atoms with Crippen LogP contribution in [0, 0.1) is 0 Å². The first kappa shape index (κ1) is 19.8. The number of fused-ring (bicyclic) bond motifs is 3. The average Bonchev–Trinajstić information content (AvgIpc) is 2.69. The number of methoxy groups -OCH3 is 2. The summed E-state index contributed by atoms with van der Waals surface area (Å²) in [4.78, 5) is 12.4. The summed E-state index contributed by atoms with van der Waals surface area (Å²) >= 11 is 6.15. The van der Waals surface area contributed by atoms with E-state index in [4.69, 9.17) is 25.8 Å². The summed E-state index contributed by atoms with van der Waals surface area (Å²) in [6.45, 7) is 3.37. The van der Waals surface area contributed by atoms with E-state index in [0.717, 1.165) is 41.8 Å². The monoisotopic (exact) mass is 391 g/mol. The van der Waals surface area contributed by atoms with E-state index in [9.17, 15) is 4.79 Å². The molecule has 0 spiro atoms. The lowest BCUT2D eigenvalue weighted by atomic mass is 9.89. The van der Waals surface area contributed by atoms with Crippen molar-refractivity contribution in [1.29, 1.82) is 0 Å². The van der Waals surface area contributed by atoms with Gasteiger partial charge in [0.05, 0.1) is 25.3 Å². The molecule has 5 nitrogen and oxygen atoms in total. The topological polar surface area (TPSA) is 49.7 Å². The highest BCUT2D eigenvalue weighted by molar-refractivity contribution is 6.17. The second-order valence-electron chi connectivity index (χ2n) is 6.67. The number of rotatable bonds is 8. The van der Waals surface area contributed by atoms with E-state index in [1.54, 1.807) is 20.3 Å². The van der Waals surface area contributed by atoms with E-state index in [1.807, 2.05) is 18.3 Å². The molecule has 1 aromatic carbocycles. The van der Waals surface area contributed by atoms with E-state index in [-0.39, 0.29) is 17.4 Å². The minimum Gasteiger partial charge on any atom is -0.493 e. The molecular formula is C21H26ClNO4. The number of nitrogens with zero attached hydrogens (tertiary/aromatic N) is 1. The normalized spacial score (nSPS) is 15.2. The zero-order valence-electron chi connectivity index (χ0n) is 16.1. The Hall–Kier alpha value is -1.98. The zero-order chi connectivity index (χ0) is 19.4. The van der Waals surface area contributed by atoms with Gasteiger partial charge < -0.3 is 18.8 Å². The average molecular weight is 392 g/mol. The SMILES string of the molecule is CCC1Cc2cc(OCCCOC)c(OC)cc2-c2c(CCl)c(=O)ccn21. The van der Waals surface area contributed by atoms with Crippen LogP contribution in [0.15, 0.2) is 29.2 Å². The van der Waals surface area contributed by atoms with Crippen LogP contribution in [0.5, 0.6) is 11.5 Å². The number of benzene rings is 1. The van der Waals surface area contributed by atoms with Crippen LogP contribution in [-0.4, -0.2) is 32.0 Å². The highest BCUT2D eigenvalue weighted by atomic mass is 35.5. The summed E-state index contributed by atoms with van der Waals surface area (Å²) in [5, 5.41) is 0. The molecule has 0 saturated carbocycles. The molecule has 1 aliphatic rings. The molecule has 0 N–H and O–H groups in total. The Morgan fingerprint density at radius 1 is 1.22 bits per heavy atom. The summed E-state index contributed by atoms with van der Waals surface area (Å²) in [6, 6.07) is 5.90. The number of aromatic nitrogens is 1. The van der Waals surface area contributed by atoms with Crippen molar-refractivity contribution in [2.45, 2.75) is 38.1 Å². The van der Waals surface area contributed by atoms with Gasteiger partial charge in [-0.05, 0) is 30.5 Å². The second kappa shape index (κ2) is 8.81. The van der Waals surface area contributed by atoms with Crippen molar-refractivity contribution in [3.05, 3.63) is 45.7 Å². The molecule has 3 rings (SSSR count). The van der Waals surface area contributed by atoms with Gasteiger partial charge in [-0.2, -0.15) is 0 Å². The zero-order valence-corrected chi connectivity index (χ0v) is 16.8. The largest absolute Gasteiger partial charge is 0.493 e. The van der Waals surface area contributed by atoms with Gasteiger partial charge in [0.2, 0.25) is 0 Å². The molecule has 6 heteroatoms. The van der Waals surface area contributed by atoms with Crippen molar-refractivity contribution in [2.24, 2.45) is 0 Å². The molecule has 0 fully saturated rings. The predicted molar refractivity (Wildman–Crippen MR) is 107 cm³/mol. The van der Waals surface area contributed by atoms with Gasteiger partial charge in [0.15, 0.2) is 16.9 Å². The lowest BCUT2D eigenvalue weighted by molar-refractivity contribution is 0.170. The molecule has 1 unspecified atom stereocenters. The van der Waals surface area contributed by atoms with Crippen LogP contribution in [0.1, 0.15) is 36.9 Å². The molecule has 0 amide bonds. The molecule has 1 aliphatic heterocycles. The number of pyridine rings is 1. The van der Waals surface area contributed by atoms with Crippen LogP contribution in [0.25, 0.3) is 11.3 Å². The lowest BCUT2D eigenvalue weighted by Gasteiger charge is -2.32. The first-order valence-corrected chi connectivity index (χ1v) is 9.81. The van der Waals surface area contributed by atoms with Crippen molar-refractivity contribution in [3.63, 3.8) is 0 Å². The predicted octanol–water partition coefficient (Wildman–Crippen LogP) is 4.19. The number of alkyl halides is 1. The number of halogens is 1. The van der Waals surface area contributed by atoms with Gasteiger partial charge in [-0.1, -0.05) is 6.92 Å². The minimum atomic E-state index is -0.0298. The maximum Gasteiger partial charge on any atom is 0.186 e. The molecule has 1 atom stereocenters. The fourth-order valence-corrected chi connectivity index (χ4v) is 3.93. The van der Waals surface area contributed by atoms with Crippen LogP contribution in [0.4, 0.5) is 0 Å². The van der Waals surface area contributed by atoms with Crippen molar-refractivity contribution in [3.8, 4) is 22.8 Å².